The molecule has 1 fully saturated rings. The highest BCUT2D eigenvalue weighted by Gasteiger charge is 2.37. The van der Waals surface area contributed by atoms with Crippen LogP contribution in [0.1, 0.15) is 42.5 Å². The Kier molecular flexibility index (Phi) is 4.75. The molecule has 3 N–H and O–H groups in total. The number of carbonyl (C=O) groups is 1. The Bertz CT molecular complexity index is 544. The van der Waals surface area contributed by atoms with Crippen molar-refractivity contribution in [3.05, 3.63) is 34.1 Å². The van der Waals surface area contributed by atoms with E-state index in [1.807, 2.05) is 0 Å². The van der Waals surface area contributed by atoms with Gasteiger partial charge in [-0.05, 0) is 47.0 Å². The maximum Gasteiger partial charge on any atom is 0.253 e. The summed E-state index contributed by atoms with van der Waals surface area (Å²) in [6.07, 6.45) is 4.54. The molecule has 1 aliphatic rings. The third-order valence-electron chi connectivity index (χ3n) is 3.70. The standard InChI is InChI=1S/C14H16BrFN2OS/c15-11-5-4-9(16)8-10(11)12(19)18-14(13(17)20)6-2-1-3-7-14/h4-5,8H,1-3,6-7H2,(H2,17,20)(H,18,19). The Morgan fingerprint density at radius 1 is 1.35 bits per heavy atom. The van der Waals surface area contributed by atoms with Gasteiger partial charge in [0.1, 0.15) is 5.82 Å². The third kappa shape index (κ3) is 3.17. The summed E-state index contributed by atoms with van der Waals surface area (Å²) in [5.74, 6) is -0.808. The summed E-state index contributed by atoms with van der Waals surface area (Å²) in [6.45, 7) is 0. The molecular formula is C14H16BrFN2OS. The molecule has 0 aliphatic heterocycles. The van der Waals surface area contributed by atoms with E-state index in [1.54, 1.807) is 0 Å². The Balaban J connectivity index is 2.24. The average Bonchev–Trinajstić information content (AvgIpc) is 2.42. The first kappa shape index (κ1) is 15.4. The van der Waals surface area contributed by atoms with E-state index in [1.165, 1.54) is 18.2 Å². The lowest BCUT2D eigenvalue weighted by Crippen LogP contribution is -2.57. The normalized spacial score (nSPS) is 17.5. The fourth-order valence-electron chi connectivity index (χ4n) is 2.54. The van der Waals surface area contributed by atoms with Gasteiger partial charge in [0.05, 0.1) is 16.1 Å². The summed E-state index contributed by atoms with van der Waals surface area (Å²) in [7, 11) is 0. The van der Waals surface area contributed by atoms with Crippen molar-refractivity contribution in [2.24, 2.45) is 5.73 Å². The minimum atomic E-state index is -0.642. The van der Waals surface area contributed by atoms with E-state index in [4.69, 9.17) is 18.0 Å². The minimum absolute atomic E-state index is 0.256. The molecule has 0 radical (unpaired) electrons. The van der Waals surface area contributed by atoms with E-state index >= 15 is 0 Å². The first-order valence-corrected chi connectivity index (χ1v) is 7.72. The summed E-state index contributed by atoms with van der Waals surface area (Å²) < 4.78 is 13.8. The molecule has 0 unspecified atom stereocenters. The Morgan fingerprint density at radius 3 is 2.60 bits per heavy atom. The molecule has 0 saturated heterocycles. The zero-order valence-electron chi connectivity index (χ0n) is 10.9. The number of benzene rings is 1. The number of nitrogens with two attached hydrogens (primary N) is 1. The van der Waals surface area contributed by atoms with E-state index in [0.29, 0.717) is 9.46 Å². The highest BCUT2D eigenvalue weighted by atomic mass is 79.9. The summed E-state index contributed by atoms with van der Waals surface area (Å²) >= 11 is 8.39. The van der Waals surface area contributed by atoms with Crippen molar-refractivity contribution < 1.29 is 9.18 Å². The summed E-state index contributed by atoms with van der Waals surface area (Å²) in [4.78, 5) is 12.7. The Hall–Kier alpha value is -1.01. The molecule has 108 valence electrons. The molecule has 0 bridgehead atoms. The van der Waals surface area contributed by atoms with E-state index in [2.05, 4.69) is 21.2 Å². The van der Waals surface area contributed by atoms with Gasteiger partial charge in [0.2, 0.25) is 0 Å². The van der Waals surface area contributed by atoms with Crippen LogP contribution in [0.5, 0.6) is 0 Å². The number of hydrogen-bond acceptors (Lipinski definition) is 2. The fourth-order valence-corrected chi connectivity index (χ4v) is 3.23. The number of carbonyl (C=O) groups excluding carboxylic acids is 1. The highest BCUT2D eigenvalue weighted by molar-refractivity contribution is 9.10. The number of halogens is 2. The first-order valence-electron chi connectivity index (χ1n) is 6.52. The van der Waals surface area contributed by atoms with Crippen molar-refractivity contribution in [3.8, 4) is 0 Å². The van der Waals surface area contributed by atoms with Crippen LogP contribution in [-0.4, -0.2) is 16.4 Å². The third-order valence-corrected chi connectivity index (χ3v) is 4.79. The molecule has 2 rings (SSSR count). The smallest absolute Gasteiger partial charge is 0.253 e. The second-order valence-corrected chi connectivity index (χ2v) is 6.38. The van der Waals surface area contributed by atoms with Crippen molar-refractivity contribution in [1.29, 1.82) is 0 Å². The van der Waals surface area contributed by atoms with Gasteiger partial charge in [-0.25, -0.2) is 4.39 Å². The molecule has 0 heterocycles. The first-order chi connectivity index (χ1) is 9.44. The Labute approximate surface area is 131 Å². The summed E-state index contributed by atoms with van der Waals surface area (Å²) in [6, 6.07) is 4.01. The molecular weight excluding hydrogens is 343 g/mol. The quantitative estimate of drug-likeness (QED) is 0.815. The predicted octanol–water partition coefficient (Wildman–Crippen LogP) is 3.31. The van der Waals surface area contributed by atoms with Crippen LogP contribution < -0.4 is 11.1 Å². The van der Waals surface area contributed by atoms with E-state index in [0.717, 1.165) is 32.1 Å². The number of thiocarbonyl (C=S) groups is 1. The van der Waals surface area contributed by atoms with Gasteiger partial charge in [-0.15, -0.1) is 0 Å². The van der Waals surface area contributed by atoms with Gasteiger partial charge in [0.15, 0.2) is 0 Å². The van der Waals surface area contributed by atoms with E-state index in [-0.39, 0.29) is 11.5 Å². The molecule has 1 amide bonds. The fraction of sp³-hybridized carbons (Fsp3) is 0.429. The second kappa shape index (κ2) is 6.18. The molecule has 0 aromatic heterocycles. The molecule has 1 aromatic rings. The molecule has 0 spiro atoms. The molecule has 20 heavy (non-hydrogen) atoms. The van der Waals surface area contributed by atoms with Crippen LogP contribution in [0.2, 0.25) is 0 Å². The maximum absolute atomic E-state index is 13.3. The molecule has 3 nitrogen and oxygen atoms in total. The molecule has 6 heteroatoms. The van der Waals surface area contributed by atoms with Crippen LogP contribution in [0.15, 0.2) is 22.7 Å². The summed E-state index contributed by atoms with van der Waals surface area (Å²) in [5, 5.41) is 2.91. The second-order valence-electron chi connectivity index (χ2n) is 5.09. The number of hydrogen-bond donors (Lipinski definition) is 2. The monoisotopic (exact) mass is 358 g/mol. The largest absolute Gasteiger partial charge is 0.391 e. The molecule has 1 aliphatic carbocycles. The zero-order chi connectivity index (χ0) is 14.8. The van der Waals surface area contributed by atoms with Gasteiger partial charge in [-0.1, -0.05) is 31.5 Å². The van der Waals surface area contributed by atoms with Gasteiger partial charge in [-0.3, -0.25) is 4.79 Å². The number of rotatable bonds is 3. The summed E-state index contributed by atoms with van der Waals surface area (Å²) in [5.41, 5.74) is 5.44. The van der Waals surface area contributed by atoms with Crippen LogP contribution >= 0.6 is 28.1 Å². The van der Waals surface area contributed by atoms with Gasteiger partial charge in [0, 0.05) is 4.47 Å². The topological polar surface area (TPSA) is 55.1 Å². The van der Waals surface area contributed by atoms with E-state index < -0.39 is 11.4 Å². The van der Waals surface area contributed by atoms with Crippen LogP contribution in [0.25, 0.3) is 0 Å². The lowest BCUT2D eigenvalue weighted by atomic mass is 9.81. The lowest BCUT2D eigenvalue weighted by molar-refractivity contribution is 0.0907. The lowest BCUT2D eigenvalue weighted by Gasteiger charge is -2.37. The SMILES string of the molecule is NC(=S)C1(NC(=O)c2cc(F)ccc2Br)CCCCC1. The van der Waals surface area contributed by atoms with Gasteiger partial charge < -0.3 is 11.1 Å². The van der Waals surface area contributed by atoms with Crippen molar-refractivity contribution in [2.45, 2.75) is 37.6 Å². The van der Waals surface area contributed by atoms with Crippen molar-refractivity contribution in [1.82, 2.24) is 5.32 Å². The van der Waals surface area contributed by atoms with Crippen LogP contribution in [0.4, 0.5) is 4.39 Å². The number of nitrogens with one attached hydrogen (secondary N) is 1. The van der Waals surface area contributed by atoms with Gasteiger partial charge >= 0.3 is 0 Å². The van der Waals surface area contributed by atoms with Crippen LogP contribution in [0, 0.1) is 5.82 Å². The molecule has 1 aromatic carbocycles. The van der Waals surface area contributed by atoms with Crippen molar-refractivity contribution in [3.63, 3.8) is 0 Å². The Morgan fingerprint density at radius 2 is 2.00 bits per heavy atom. The van der Waals surface area contributed by atoms with Gasteiger partial charge in [0.25, 0.3) is 5.91 Å². The highest BCUT2D eigenvalue weighted by Crippen LogP contribution is 2.29. The van der Waals surface area contributed by atoms with Crippen molar-refractivity contribution >= 4 is 39.0 Å². The van der Waals surface area contributed by atoms with Crippen LogP contribution in [-0.2, 0) is 0 Å². The molecule has 1 saturated carbocycles. The number of amides is 1. The molecule has 0 atom stereocenters. The predicted molar refractivity (Wildman–Crippen MR) is 84.2 cm³/mol. The van der Waals surface area contributed by atoms with Gasteiger partial charge in [-0.2, -0.15) is 0 Å². The van der Waals surface area contributed by atoms with Crippen LogP contribution in [0.3, 0.4) is 0 Å². The minimum Gasteiger partial charge on any atom is -0.391 e. The van der Waals surface area contributed by atoms with E-state index in [9.17, 15) is 9.18 Å². The zero-order valence-corrected chi connectivity index (χ0v) is 13.3. The maximum atomic E-state index is 13.3. The van der Waals surface area contributed by atoms with Crippen molar-refractivity contribution in [2.75, 3.05) is 0 Å². The average molecular weight is 359 g/mol.